The molecular formula is C22H18N4O3S. The molecule has 8 heteroatoms. The number of carbonyl (C=O) groups excluding carboxylic acids is 2. The molecule has 3 heterocycles. The van der Waals surface area contributed by atoms with E-state index in [1.165, 1.54) is 11.8 Å². The summed E-state index contributed by atoms with van der Waals surface area (Å²) in [5.41, 5.74) is 5.11. The summed E-state index contributed by atoms with van der Waals surface area (Å²) in [6, 6.07) is 13.3. The molecule has 0 aliphatic carbocycles. The van der Waals surface area contributed by atoms with E-state index in [2.05, 4.69) is 41.5 Å². The van der Waals surface area contributed by atoms with E-state index in [0.717, 1.165) is 27.7 Å². The van der Waals surface area contributed by atoms with Crippen LogP contribution in [0.4, 0.5) is 5.69 Å². The van der Waals surface area contributed by atoms with Gasteiger partial charge in [-0.25, -0.2) is 0 Å². The van der Waals surface area contributed by atoms with E-state index < -0.39 is 0 Å². The van der Waals surface area contributed by atoms with Crippen molar-refractivity contribution in [3.8, 4) is 5.75 Å². The number of aryl methyl sites for hydroxylation is 2. The highest BCUT2D eigenvalue weighted by molar-refractivity contribution is 7.99. The lowest BCUT2D eigenvalue weighted by atomic mass is 10.1. The lowest BCUT2D eigenvalue weighted by molar-refractivity contribution is -0.118. The highest BCUT2D eigenvalue weighted by Crippen LogP contribution is 2.30. The number of nitrogens with one attached hydrogen (secondary N) is 1. The number of amides is 1. The Bertz CT molecular complexity index is 1350. The maximum absolute atomic E-state index is 12.8. The lowest BCUT2D eigenvalue weighted by Gasteiger charge is -2.18. The Morgan fingerprint density at radius 3 is 2.90 bits per heavy atom. The molecule has 2 aromatic carbocycles. The molecule has 150 valence electrons. The molecule has 0 spiro atoms. The van der Waals surface area contributed by atoms with Gasteiger partial charge in [-0.1, -0.05) is 30.0 Å². The van der Waals surface area contributed by atoms with E-state index in [0.29, 0.717) is 22.2 Å². The second kappa shape index (κ2) is 7.14. The van der Waals surface area contributed by atoms with Crippen LogP contribution in [-0.2, 0) is 4.79 Å². The van der Waals surface area contributed by atoms with Crippen molar-refractivity contribution in [1.29, 1.82) is 0 Å². The molecule has 0 radical (unpaired) electrons. The highest BCUT2D eigenvalue weighted by atomic mass is 32.2. The Labute approximate surface area is 176 Å². The first-order chi connectivity index (χ1) is 14.5. The van der Waals surface area contributed by atoms with Crippen molar-refractivity contribution in [2.24, 2.45) is 0 Å². The van der Waals surface area contributed by atoms with Crippen molar-refractivity contribution >= 4 is 45.7 Å². The molecule has 0 saturated carbocycles. The molecule has 1 aliphatic rings. The van der Waals surface area contributed by atoms with Gasteiger partial charge < -0.3 is 10.1 Å². The molecule has 0 unspecified atom stereocenters. The number of ketones is 1. The molecule has 30 heavy (non-hydrogen) atoms. The van der Waals surface area contributed by atoms with Gasteiger partial charge in [0.1, 0.15) is 5.75 Å². The largest absolute Gasteiger partial charge is 0.482 e. The quantitative estimate of drug-likeness (QED) is 0.401. The molecule has 2 aromatic heterocycles. The van der Waals surface area contributed by atoms with Gasteiger partial charge in [0.2, 0.25) is 0 Å². The number of hydrogen-bond acceptors (Lipinski definition) is 6. The number of hydrogen-bond donors (Lipinski definition) is 1. The lowest BCUT2D eigenvalue weighted by Crippen LogP contribution is -2.25. The van der Waals surface area contributed by atoms with E-state index in [4.69, 9.17) is 4.74 Å². The van der Waals surface area contributed by atoms with Crippen molar-refractivity contribution in [2.45, 2.75) is 19.0 Å². The number of carbonyl (C=O) groups is 2. The number of rotatable bonds is 4. The molecule has 1 aliphatic heterocycles. The number of para-hydroxylation sites is 1. The number of Topliss-reactive ketones (excluding diaryl/α,β-unsaturated/α-hetero) is 1. The number of aromatic nitrogens is 3. The van der Waals surface area contributed by atoms with Crippen LogP contribution in [-0.4, -0.2) is 38.6 Å². The van der Waals surface area contributed by atoms with E-state index in [-0.39, 0.29) is 24.1 Å². The van der Waals surface area contributed by atoms with Gasteiger partial charge in [0.15, 0.2) is 23.2 Å². The number of nitrogens with zero attached hydrogens (tertiary/aromatic N) is 3. The van der Waals surface area contributed by atoms with Gasteiger partial charge in [-0.3, -0.25) is 14.0 Å². The van der Waals surface area contributed by atoms with Gasteiger partial charge in [-0.2, -0.15) is 0 Å². The van der Waals surface area contributed by atoms with Crippen molar-refractivity contribution in [3.05, 3.63) is 59.2 Å². The SMILES string of the molecule is Cc1cc2nnc(SCC(=O)c3ccc4c(c3)NC(=O)CO4)n2c2c(C)cccc12. The Hall–Kier alpha value is -3.39. The molecular weight excluding hydrogens is 400 g/mol. The summed E-state index contributed by atoms with van der Waals surface area (Å²) in [7, 11) is 0. The summed E-state index contributed by atoms with van der Waals surface area (Å²) < 4.78 is 7.36. The topological polar surface area (TPSA) is 85.6 Å². The van der Waals surface area contributed by atoms with Gasteiger partial charge in [0.25, 0.3) is 5.91 Å². The van der Waals surface area contributed by atoms with E-state index in [9.17, 15) is 9.59 Å². The van der Waals surface area contributed by atoms with E-state index in [1.54, 1.807) is 18.2 Å². The van der Waals surface area contributed by atoms with Crippen molar-refractivity contribution in [2.75, 3.05) is 17.7 Å². The highest BCUT2D eigenvalue weighted by Gasteiger charge is 2.19. The maximum Gasteiger partial charge on any atom is 0.262 e. The average molecular weight is 418 g/mol. The molecule has 1 N–H and O–H groups in total. The fraction of sp³-hybridized carbons (Fsp3) is 0.182. The Morgan fingerprint density at radius 2 is 2.03 bits per heavy atom. The number of ether oxygens (including phenoxy) is 1. The number of anilines is 1. The first-order valence-electron chi connectivity index (χ1n) is 9.48. The van der Waals surface area contributed by atoms with Crippen molar-refractivity contribution in [1.82, 2.24) is 14.6 Å². The number of fused-ring (bicyclic) bond motifs is 4. The molecule has 0 atom stereocenters. The standard InChI is InChI=1S/C22H18N4O3S/c1-12-4-3-5-15-13(2)8-19-24-25-22(26(19)21(12)15)30-11-17(27)14-6-7-18-16(9-14)23-20(28)10-29-18/h3-9H,10-11H2,1-2H3,(H,23,28). The minimum absolute atomic E-state index is 0.0110. The summed E-state index contributed by atoms with van der Waals surface area (Å²) >= 11 is 1.35. The first kappa shape index (κ1) is 18.6. The van der Waals surface area contributed by atoms with Crippen LogP contribution in [0.15, 0.2) is 47.6 Å². The Morgan fingerprint density at radius 1 is 1.17 bits per heavy atom. The second-order valence-corrected chi connectivity index (χ2v) is 8.18. The second-order valence-electron chi connectivity index (χ2n) is 7.23. The fourth-order valence-corrected chi connectivity index (χ4v) is 4.53. The van der Waals surface area contributed by atoms with Crippen LogP contribution in [0.3, 0.4) is 0 Å². The summed E-state index contributed by atoms with van der Waals surface area (Å²) in [4.78, 5) is 24.3. The molecule has 0 fully saturated rings. The molecule has 5 rings (SSSR count). The summed E-state index contributed by atoms with van der Waals surface area (Å²) in [6.07, 6.45) is 0. The van der Waals surface area contributed by atoms with E-state index >= 15 is 0 Å². The van der Waals surface area contributed by atoms with Crippen LogP contribution in [0.25, 0.3) is 16.6 Å². The van der Waals surface area contributed by atoms with Gasteiger partial charge in [-0.15, -0.1) is 10.2 Å². The predicted octanol–water partition coefficient (Wildman–Crippen LogP) is 3.81. The minimum atomic E-state index is -0.228. The third-order valence-corrected chi connectivity index (χ3v) is 6.09. The van der Waals surface area contributed by atoms with Crippen LogP contribution in [0.5, 0.6) is 5.75 Å². The number of pyridine rings is 1. The van der Waals surface area contributed by atoms with Crippen molar-refractivity contribution in [3.63, 3.8) is 0 Å². The molecule has 7 nitrogen and oxygen atoms in total. The third-order valence-electron chi connectivity index (χ3n) is 5.16. The number of benzene rings is 2. The number of thioether (sulfide) groups is 1. The van der Waals surface area contributed by atoms with Gasteiger partial charge in [-0.05, 0) is 49.2 Å². The van der Waals surface area contributed by atoms with Crippen LogP contribution >= 0.6 is 11.8 Å². The summed E-state index contributed by atoms with van der Waals surface area (Å²) in [5, 5.41) is 13.2. The monoisotopic (exact) mass is 418 g/mol. The van der Waals surface area contributed by atoms with Gasteiger partial charge in [0.05, 0.1) is 17.0 Å². The van der Waals surface area contributed by atoms with E-state index in [1.807, 2.05) is 16.5 Å². The van der Waals surface area contributed by atoms with Crippen LogP contribution in [0.2, 0.25) is 0 Å². The first-order valence-corrected chi connectivity index (χ1v) is 10.5. The predicted molar refractivity (Wildman–Crippen MR) is 116 cm³/mol. The smallest absolute Gasteiger partial charge is 0.262 e. The zero-order valence-electron chi connectivity index (χ0n) is 16.4. The average Bonchev–Trinajstić information content (AvgIpc) is 3.14. The third kappa shape index (κ3) is 3.09. The Balaban J connectivity index is 1.45. The van der Waals surface area contributed by atoms with Crippen LogP contribution in [0.1, 0.15) is 21.5 Å². The molecule has 0 bridgehead atoms. The minimum Gasteiger partial charge on any atom is -0.482 e. The van der Waals surface area contributed by atoms with Gasteiger partial charge >= 0.3 is 0 Å². The maximum atomic E-state index is 12.8. The van der Waals surface area contributed by atoms with Crippen LogP contribution < -0.4 is 10.1 Å². The zero-order valence-corrected chi connectivity index (χ0v) is 17.2. The summed E-state index contributed by atoms with van der Waals surface area (Å²) in [6.45, 7) is 4.11. The normalized spacial score (nSPS) is 13.2. The molecule has 0 saturated heterocycles. The fourth-order valence-electron chi connectivity index (χ4n) is 3.69. The van der Waals surface area contributed by atoms with Crippen LogP contribution in [0, 0.1) is 13.8 Å². The van der Waals surface area contributed by atoms with Crippen molar-refractivity contribution < 1.29 is 14.3 Å². The molecule has 1 amide bonds. The molecule has 4 aromatic rings. The Kier molecular flexibility index (Phi) is 4.43. The summed E-state index contributed by atoms with van der Waals surface area (Å²) in [5.74, 6) is 0.483. The zero-order chi connectivity index (χ0) is 20.8. The van der Waals surface area contributed by atoms with Gasteiger partial charge in [0, 0.05) is 10.9 Å².